The van der Waals surface area contributed by atoms with Gasteiger partial charge < -0.3 is 4.74 Å². The van der Waals surface area contributed by atoms with Crippen LogP contribution in [0.2, 0.25) is 0 Å². The van der Waals surface area contributed by atoms with Gasteiger partial charge in [0.15, 0.2) is 0 Å². The minimum atomic E-state index is -0.238. The topological polar surface area (TPSA) is 59.0 Å². The van der Waals surface area contributed by atoms with Crippen LogP contribution in [0.3, 0.4) is 0 Å². The lowest BCUT2D eigenvalue weighted by atomic mass is 9.97. The molecule has 2 aliphatic rings. The summed E-state index contributed by atoms with van der Waals surface area (Å²) in [5.41, 5.74) is 0.841. The first-order valence-corrected chi connectivity index (χ1v) is 8.17. The molecule has 0 saturated heterocycles. The molecule has 21 heavy (non-hydrogen) atoms. The first kappa shape index (κ1) is 16.0. The molecule has 1 saturated carbocycles. The second-order valence-corrected chi connectivity index (χ2v) is 5.97. The third-order valence-electron chi connectivity index (χ3n) is 4.41. The van der Waals surface area contributed by atoms with Gasteiger partial charge in [-0.2, -0.15) is 5.10 Å². The molecule has 0 radical (unpaired) electrons. The summed E-state index contributed by atoms with van der Waals surface area (Å²) in [7, 11) is 0. The molecule has 2 rings (SSSR count). The number of nitrogens with zero attached hydrogens (tertiary/aromatic N) is 2. The lowest BCUT2D eigenvalue weighted by Gasteiger charge is -2.24. The van der Waals surface area contributed by atoms with E-state index in [2.05, 4.69) is 5.10 Å². The van der Waals surface area contributed by atoms with Gasteiger partial charge in [-0.15, -0.1) is 0 Å². The Hall–Kier alpha value is -1.39. The lowest BCUT2D eigenvalue weighted by molar-refractivity contribution is -0.143. The van der Waals surface area contributed by atoms with Gasteiger partial charge in [0.2, 0.25) is 0 Å². The van der Waals surface area contributed by atoms with E-state index in [0.29, 0.717) is 13.0 Å². The number of hydrogen-bond donors (Lipinski definition) is 0. The number of esters is 1. The number of carbonyl (C=O) groups is 2. The maximum atomic E-state index is 12.6. The number of hydrazone groups is 1. The van der Waals surface area contributed by atoms with E-state index in [1.165, 1.54) is 25.7 Å². The Bertz CT molecular complexity index is 412. The Kier molecular flexibility index (Phi) is 5.76. The molecule has 0 N–H and O–H groups in total. The number of hydrogen-bond acceptors (Lipinski definition) is 4. The number of ether oxygens (including phenoxy) is 1. The average Bonchev–Trinajstić information content (AvgIpc) is 2.66. The van der Waals surface area contributed by atoms with Crippen molar-refractivity contribution in [1.82, 2.24) is 5.01 Å². The van der Waals surface area contributed by atoms with Crippen LogP contribution in [0, 0.1) is 5.92 Å². The van der Waals surface area contributed by atoms with Gasteiger partial charge in [0.25, 0.3) is 5.91 Å². The molecule has 0 aromatic carbocycles. The van der Waals surface area contributed by atoms with E-state index in [1.54, 1.807) is 11.9 Å². The van der Waals surface area contributed by atoms with Gasteiger partial charge in [-0.3, -0.25) is 9.59 Å². The molecule has 0 aromatic heterocycles. The molecule has 0 spiro atoms. The van der Waals surface area contributed by atoms with Crippen molar-refractivity contribution >= 4 is 17.6 Å². The second kappa shape index (κ2) is 7.57. The number of carbonyl (C=O) groups excluding carboxylic acids is 2. The quantitative estimate of drug-likeness (QED) is 0.578. The zero-order valence-electron chi connectivity index (χ0n) is 13.1. The summed E-state index contributed by atoms with van der Waals surface area (Å²) >= 11 is 0. The largest absolute Gasteiger partial charge is 0.466 e. The molecular weight excluding hydrogens is 268 g/mol. The summed E-state index contributed by atoms with van der Waals surface area (Å²) in [5.74, 6) is -0.396. The lowest BCUT2D eigenvalue weighted by Crippen LogP contribution is -2.36. The summed E-state index contributed by atoms with van der Waals surface area (Å²) in [6, 6.07) is 0.252. The molecule has 5 nitrogen and oxygen atoms in total. The summed E-state index contributed by atoms with van der Waals surface area (Å²) in [6.45, 7) is 4.07. The molecule has 1 aliphatic carbocycles. The van der Waals surface area contributed by atoms with Crippen molar-refractivity contribution in [2.45, 2.75) is 71.3 Å². The van der Waals surface area contributed by atoms with Crippen molar-refractivity contribution < 1.29 is 14.3 Å². The van der Waals surface area contributed by atoms with E-state index in [-0.39, 0.29) is 30.3 Å². The molecule has 5 heteroatoms. The Labute approximate surface area is 126 Å². The van der Waals surface area contributed by atoms with Crippen LogP contribution in [0.5, 0.6) is 0 Å². The first-order chi connectivity index (χ1) is 10.1. The highest BCUT2D eigenvalue weighted by Gasteiger charge is 2.37. The molecule has 1 fully saturated rings. The van der Waals surface area contributed by atoms with Crippen LogP contribution in [0.15, 0.2) is 5.10 Å². The molecular formula is C16H26N2O3. The van der Waals surface area contributed by atoms with Crippen molar-refractivity contribution in [3.05, 3.63) is 0 Å². The van der Waals surface area contributed by atoms with Crippen LogP contribution in [0.25, 0.3) is 0 Å². The highest BCUT2D eigenvalue weighted by molar-refractivity contribution is 6.07. The van der Waals surface area contributed by atoms with E-state index in [4.69, 9.17) is 4.74 Å². The third kappa shape index (κ3) is 4.05. The van der Waals surface area contributed by atoms with Crippen molar-refractivity contribution in [2.24, 2.45) is 11.0 Å². The fraction of sp³-hybridized carbons (Fsp3) is 0.812. The standard InChI is InChI=1S/C16H26N2O3/c1-3-21-15(19)11-10-14-12(2)17-18(16(14)20)13-8-6-4-5-7-9-13/h13-14H,3-11H2,1-2H3. The Morgan fingerprint density at radius 1 is 1.29 bits per heavy atom. The van der Waals surface area contributed by atoms with Gasteiger partial charge in [-0.25, -0.2) is 5.01 Å². The van der Waals surface area contributed by atoms with Crippen molar-refractivity contribution in [1.29, 1.82) is 0 Å². The van der Waals surface area contributed by atoms with E-state index < -0.39 is 0 Å². The maximum Gasteiger partial charge on any atom is 0.305 e. The summed E-state index contributed by atoms with van der Waals surface area (Å²) in [4.78, 5) is 24.0. The molecule has 0 bridgehead atoms. The van der Waals surface area contributed by atoms with Gasteiger partial charge in [-0.05, 0) is 33.1 Å². The predicted molar refractivity (Wildman–Crippen MR) is 80.8 cm³/mol. The van der Waals surface area contributed by atoms with E-state index in [0.717, 1.165) is 18.6 Å². The monoisotopic (exact) mass is 294 g/mol. The Morgan fingerprint density at radius 2 is 1.95 bits per heavy atom. The SMILES string of the molecule is CCOC(=O)CCC1C(=O)N(C2CCCCCC2)N=C1C. The van der Waals surface area contributed by atoms with E-state index >= 15 is 0 Å². The van der Waals surface area contributed by atoms with Crippen LogP contribution in [-0.2, 0) is 14.3 Å². The van der Waals surface area contributed by atoms with Crippen LogP contribution < -0.4 is 0 Å². The van der Waals surface area contributed by atoms with Gasteiger partial charge in [0, 0.05) is 12.1 Å². The highest BCUT2D eigenvalue weighted by atomic mass is 16.5. The average molecular weight is 294 g/mol. The van der Waals surface area contributed by atoms with Crippen LogP contribution in [0.1, 0.15) is 65.2 Å². The molecule has 118 valence electrons. The van der Waals surface area contributed by atoms with Crippen molar-refractivity contribution in [3.8, 4) is 0 Å². The first-order valence-electron chi connectivity index (χ1n) is 8.17. The molecule has 1 heterocycles. The Morgan fingerprint density at radius 3 is 2.57 bits per heavy atom. The zero-order valence-corrected chi connectivity index (χ0v) is 13.1. The van der Waals surface area contributed by atoms with E-state index in [1.807, 2.05) is 6.92 Å². The van der Waals surface area contributed by atoms with Crippen molar-refractivity contribution in [2.75, 3.05) is 6.61 Å². The molecule has 1 amide bonds. The van der Waals surface area contributed by atoms with Gasteiger partial charge >= 0.3 is 5.97 Å². The van der Waals surface area contributed by atoms with E-state index in [9.17, 15) is 9.59 Å². The van der Waals surface area contributed by atoms with Crippen molar-refractivity contribution in [3.63, 3.8) is 0 Å². The minimum Gasteiger partial charge on any atom is -0.466 e. The maximum absolute atomic E-state index is 12.6. The minimum absolute atomic E-state index is 0.0729. The van der Waals surface area contributed by atoms with Gasteiger partial charge in [-0.1, -0.05) is 25.7 Å². The van der Waals surface area contributed by atoms with Gasteiger partial charge in [0.05, 0.1) is 18.6 Å². The van der Waals surface area contributed by atoms with Gasteiger partial charge in [0.1, 0.15) is 0 Å². The molecule has 1 atom stereocenters. The fourth-order valence-electron chi connectivity index (χ4n) is 3.22. The van der Waals surface area contributed by atoms with Crippen LogP contribution in [0.4, 0.5) is 0 Å². The Balaban J connectivity index is 1.92. The highest BCUT2D eigenvalue weighted by Crippen LogP contribution is 2.28. The number of amides is 1. The predicted octanol–water partition coefficient (Wildman–Crippen LogP) is 2.89. The fourth-order valence-corrected chi connectivity index (χ4v) is 3.22. The molecule has 0 aromatic rings. The summed E-state index contributed by atoms with van der Waals surface area (Å²) in [6.07, 6.45) is 7.76. The molecule has 1 unspecified atom stereocenters. The van der Waals surface area contributed by atoms with Crippen LogP contribution in [-0.4, -0.2) is 35.2 Å². The van der Waals surface area contributed by atoms with Crippen LogP contribution >= 0.6 is 0 Å². The smallest absolute Gasteiger partial charge is 0.305 e. The normalized spacial score (nSPS) is 23.9. The summed E-state index contributed by atoms with van der Waals surface area (Å²) < 4.78 is 4.93. The number of rotatable bonds is 5. The third-order valence-corrected chi connectivity index (χ3v) is 4.41. The zero-order chi connectivity index (χ0) is 15.2. The second-order valence-electron chi connectivity index (χ2n) is 5.97. The molecule has 1 aliphatic heterocycles. The summed E-state index contributed by atoms with van der Waals surface area (Å²) in [5, 5.41) is 6.19.